The van der Waals surface area contributed by atoms with E-state index in [0.29, 0.717) is 6.54 Å². The second-order valence-electron chi connectivity index (χ2n) is 3.05. The Hall–Kier alpha value is -1.62. The van der Waals surface area contributed by atoms with Crippen LogP contribution >= 0.6 is 0 Å². The molecule has 0 radical (unpaired) electrons. The van der Waals surface area contributed by atoms with Crippen molar-refractivity contribution >= 4 is 11.4 Å². The van der Waals surface area contributed by atoms with Crippen LogP contribution in [0.25, 0.3) is 0 Å². The van der Waals surface area contributed by atoms with Gasteiger partial charge in [0.05, 0.1) is 6.54 Å². The molecule has 1 aromatic carbocycles. The summed E-state index contributed by atoms with van der Waals surface area (Å²) in [6.45, 7) is 2.60. The molecule has 0 unspecified atom stereocenters. The van der Waals surface area contributed by atoms with Crippen LogP contribution in [0.4, 0.5) is 11.4 Å². The third kappa shape index (κ3) is 1.94. The smallest absolute Gasteiger partial charge is 0.0788 e. The third-order valence-corrected chi connectivity index (χ3v) is 2.09. The van der Waals surface area contributed by atoms with Crippen LogP contribution in [-0.2, 0) is 0 Å². The van der Waals surface area contributed by atoms with Gasteiger partial charge >= 0.3 is 0 Å². The molecule has 0 spiro atoms. The van der Waals surface area contributed by atoms with Gasteiger partial charge in [-0.25, -0.2) is 0 Å². The summed E-state index contributed by atoms with van der Waals surface area (Å²) in [5.41, 5.74) is 8.76. The van der Waals surface area contributed by atoms with Gasteiger partial charge < -0.3 is 10.6 Å². The Morgan fingerprint density at radius 1 is 1.54 bits per heavy atom. The minimum Gasteiger partial charge on any atom is -0.398 e. The summed E-state index contributed by atoms with van der Waals surface area (Å²) >= 11 is 0. The van der Waals surface area contributed by atoms with Gasteiger partial charge in [-0.3, -0.25) is 0 Å². The summed E-state index contributed by atoms with van der Waals surface area (Å²) in [4.78, 5) is 2.01. The highest BCUT2D eigenvalue weighted by Gasteiger charge is 2.04. The predicted molar refractivity (Wildman–Crippen MR) is 57.7 cm³/mol. The Labute approximate surface area is 79.4 Å². The van der Waals surface area contributed by atoms with Crippen LogP contribution in [0.2, 0.25) is 0 Å². The summed E-state index contributed by atoms with van der Waals surface area (Å²) in [7, 11) is 1.96. The fourth-order valence-corrected chi connectivity index (χ4v) is 1.28. The Balaban J connectivity index is 3.02. The molecule has 13 heavy (non-hydrogen) atoms. The third-order valence-electron chi connectivity index (χ3n) is 2.09. The highest BCUT2D eigenvalue weighted by molar-refractivity contribution is 5.64. The van der Waals surface area contributed by atoms with Crippen molar-refractivity contribution in [3.8, 4) is 12.3 Å². The van der Waals surface area contributed by atoms with Gasteiger partial charge in [0, 0.05) is 18.4 Å². The van der Waals surface area contributed by atoms with Crippen molar-refractivity contribution in [3.63, 3.8) is 0 Å². The molecule has 2 nitrogen and oxygen atoms in total. The molecule has 0 aliphatic heterocycles. The van der Waals surface area contributed by atoms with Gasteiger partial charge in [-0.05, 0) is 24.6 Å². The first-order valence-electron chi connectivity index (χ1n) is 4.16. The Kier molecular flexibility index (Phi) is 2.81. The highest BCUT2D eigenvalue weighted by Crippen LogP contribution is 2.23. The lowest BCUT2D eigenvalue weighted by atomic mass is 10.1. The summed E-state index contributed by atoms with van der Waals surface area (Å²) in [5, 5.41) is 0. The van der Waals surface area contributed by atoms with Crippen LogP contribution in [-0.4, -0.2) is 13.6 Å². The van der Waals surface area contributed by atoms with Crippen molar-refractivity contribution in [1.29, 1.82) is 0 Å². The maximum atomic E-state index is 5.78. The van der Waals surface area contributed by atoms with E-state index in [1.165, 1.54) is 0 Å². The number of hydrogen-bond acceptors (Lipinski definition) is 2. The van der Waals surface area contributed by atoms with Crippen LogP contribution in [0.15, 0.2) is 18.2 Å². The van der Waals surface area contributed by atoms with Crippen LogP contribution < -0.4 is 10.6 Å². The van der Waals surface area contributed by atoms with Gasteiger partial charge in [0.2, 0.25) is 0 Å². The molecule has 0 atom stereocenters. The molecule has 0 amide bonds. The van der Waals surface area contributed by atoms with E-state index in [-0.39, 0.29) is 0 Å². The number of benzene rings is 1. The first-order chi connectivity index (χ1) is 6.16. The number of anilines is 2. The normalized spacial score (nSPS) is 9.31. The second-order valence-corrected chi connectivity index (χ2v) is 3.05. The topological polar surface area (TPSA) is 29.3 Å². The maximum absolute atomic E-state index is 5.78. The molecule has 1 aromatic rings. The summed E-state index contributed by atoms with van der Waals surface area (Å²) < 4.78 is 0. The maximum Gasteiger partial charge on any atom is 0.0788 e. The predicted octanol–water partition coefficient (Wildman–Crippen LogP) is 1.65. The van der Waals surface area contributed by atoms with E-state index in [1.54, 1.807) is 0 Å². The molecular weight excluding hydrogens is 160 g/mol. The van der Waals surface area contributed by atoms with Gasteiger partial charge in [0.1, 0.15) is 0 Å². The largest absolute Gasteiger partial charge is 0.398 e. The SMILES string of the molecule is C#CCN(C)c1cccc(N)c1C. The van der Waals surface area contributed by atoms with Gasteiger partial charge in [0.25, 0.3) is 0 Å². The summed E-state index contributed by atoms with van der Waals surface area (Å²) in [6, 6.07) is 5.84. The van der Waals surface area contributed by atoms with Gasteiger partial charge in [-0.15, -0.1) is 6.42 Å². The average molecular weight is 174 g/mol. The van der Waals surface area contributed by atoms with Crippen molar-refractivity contribution in [2.75, 3.05) is 24.2 Å². The Morgan fingerprint density at radius 3 is 2.85 bits per heavy atom. The van der Waals surface area contributed by atoms with Crippen LogP contribution in [0.1, 0.15) is 5.56 Å². The number of nitrogen functional groups attached to an aromatic ring is 1. The van der Waals surface area contributed by atoms with Crippen molar-refractivity contribution in [2.24, 2.45) is 0 Å². The zero-order chi connectivity index (χ0) is 9.84. The molecule has 0 fully saturated rings. The molecule has 0 saturated carbocycles. The van der Waals surface area contributed by atoms with Gasteiger partial charge in [-0.2, -0.15) is 0 Å². The van der Waals surface area contributed by atoms with E-state index in [1.807, 2.05) is 37.1 Å². The van der Waals surface area contributed by atoms with Crippen molar-refractivity contribution in [3.05, 3.63) is 23.8 Å². The molecule has 0 aromatic heterocycles. The van der Waals surface area contributed by atoms with Crippen LogP contribution in [0, 0.1) is 19.3 Å². The fourth-order valence-electron chi connectivity index (χ4n) is 1.28. The lowest BCUT2D eigenvalue weighted by Crippen LogP contribution is -2.18. The number of hydrogen-bond donors (Lipinski definition) is 1. The highest BCUT2D eigenvalue weighted by atomic mass is 15.1. The quantitative estimate of drug-likeness (QED) is 0.545. The molecule has 1 rings (SSSR count). The van der Waals surface area contributed by atoms with E-state index in [0.717, 1.165) is 16.9 Å². The molecular formula is C11H14N2. The van der Waals surface area contributed by atoms with E-state index >= 15 is 0 Å². The van der Waals surface area contributed by atoms with Crippen molar-refractivity contribution in [1.82, 2.24) is 0 Å². The first kappa shape index (κ1) is 9.47. The number of rotatable bonds is 2. The number of nitrogens with two attached hydrogens (primary N) is 1. The van der Waals surface area contributed by atoms with Crippen molar-refractivity contribution in [2.45, 2.75) is 6.92 Å². The molecule has 0 aliphatic rings. The van der Waals surface area contributed by atoms with Crippen molar-refractivity contribution < 1.29 is 0 Å². The lowest BCUT2D eigenvalue weighted by molar-refractivity contribution is 1.04. The molecule has 0 heterocycles. The lowest BCUT2D eigenvalue weighted by Gasteiger charge is -2.19. The molecule has 0 saturated heterocycles. The minimum absolute atomic E-state index is 0.601. The van der Waals surface area contributed by atoms with Gasteiger partial charge in [0.15, 0.2) is 0 Å². The monoisotopic (exact) mass is 174 g/mol. The van der Waals surface area contributed by atoms with Crippen LogP contribution in [0.3, 0.4) is 0 Å². The standard InChI is InChI=1S/C11H14N2/c1-4-8-13(3)11-7-5-6-10(12)9(11)2/h1,5-7H,8,12H2,2-3H3. The zero-order valence-corrected chi connectivity index (χ0v) is 8.04. The molecule has 2 heteroatoms. The van der Waals surface area contributed by atoms with E-state index in [9.17, 15) is 0 Å². The minimum atomic E-state index is 0.601. The molecule has 0 aliphatic carbocycles. The molecule has 68 valence electrons. The number of nitrogens with zero attached hydrogens (tertiary/aromatic N) is 1. The molecule has 0 bridgehead atoms. The van der Waals surface area contributed by atoms with Gasteiger partial charge in [-0.1, -0.05) is 12.0 Å². The van der Waals surface area contributed by atoms with E-state index in [2.05, 4.69) is 5.92 Å². The first-order valence-corrected chi connectivity index (χ1v) is 4.16. The summed E-state index contributed by atoms with van der Waals surface area (Å²) in [5.74, 6) is 2.60. The van der Waals surface area contributed by atoms with Crippen LogP contribution in [0.5, 0.6) is 0 Å². The average Bonchev–Trinajstić information content (AvgIpc) is 2.10. The zero-order valence-electron chi connectivity index (χ0n) is 8.04. The van der Waals surface area contributed by atoms with E-state index < -0.39 is 0 Å². The van der Waals surface area contributed by atoms with E-state index in [4.69, 9.17) is 12.2 Å². The fraction of sp³-hybridized carbons (Fsp3) is 0.273. The second kappa shape index (κ2) is 3.86. The summed E-state index contributed by atoms with van der Waals surface area (Å²) in [6.07, 6.45) is 5.23. The molecule has 2 N–H and O–H groups in total. The Morgan fingerprint density at radius 2 is 2.23 bits per heavy atom. The number of terminal acetylenes is 1. The Bertz CT molecular complexity index is 336.